The van der Waals surface area contributed by atoms with Crippen molar-refractivity contribution in [2.75, 3.05) is 23.5 Å². The zero-order valence-electron chi connectivity index (χ0n) is 25.3. The third-order valence-electron chi connectivity index (χ3n) is 8.11. The molecule has 46 heavy (non-hydrogen) atoms. The zero-order valence-corrected chi connectivity index (χ0v) is 26.1. The summed E-state index contributed by atoms with van der Waals surface area (Å²) in [7, 11) is -3.25. The van der Waals surface area contributed by atoms with Crippen LogP contribution in [0.1, 0.15) is 38.0 Å². The minimum absolute atomic E-state index is 0.0448. The molecule has 0 bridgehead atoms. The number of sulfonamides is 1. The average Bonchev–Trinajstić information content (AvgIpc) is 3.64. The molecule has 3 aromatic heterocycles. The highest BCUT2D eigenvalue weighted by Crippen LogP contribution is 2.40. The SMILES string of the molecule is CC1CNCC(n2cc(-c3cnc(N)c4c(-c5ccc(NS(=O)(=O)C(F)F)c(O[C@@H](C)c6ccc(F)cc6)c5)nn(C)c34)cn2)C1. The van der Waals surface area contributed by atoms with Crippen LogP contribution in [0.4, 0.5) is 24.7 Å². The van der Waals surface area contributed by atoms with Gasteiger partial charge in [-0.25, -0.2) is 17.8 Å². The Morgan fingerprint density at radius 2 is 1.87 bits per heavy atom. The van der Waals surface area contributed by atoms with Gasteiger partial charge >= 0.3 is 5.76 Å². The number of nitrogen functional groups attached to an aromatic ring is 1. The van der Waals surface area contributed by atoms with Gasteiger partial charge in [0, 0.05) is 42.7 Å². The molecule has 1 aliphatic heterocycles. The first kappa shape index (κ1) is 31.4. The number of nitrogens with zero attached hydrogens (tertiary/aromatic N) is 5. The van der Waals surface area contributed by atoms with Gasteiger partial charge in [-0.05, 0) is 55.6 Å². The predicted octanol–water partition coefficient (Wildman–Crippen LogP) is 5.49. The normalized spacial score (nSPS) is 17.8. The summed E-state index contributed by atoms with van der Waals surface area (Å²) in [6.45, 7) is 5.67. The van der Waals surface area contributed by atoms with E-state index < -0.39 is 27.7 Å². The largest absolute Gasteiger partial charge is 0.484 e. The van der Waals surface area contributed by atoms with Gasteiger partial charge in [-0.1, -0.05) is 25.1 Å². The molecule has 2 unspecified atom stereocenters. The Kier molecular flexibility index (Phi) is 8.37. The van der Waals surface area contributed by atoms with Crippen molar-refractivity contribution >= 4 is 32.4 Å². The summed E-state index contributed by atoms with van der Waals surface area (Å²) in [6, 6.07) is 10.1. The number of aryl methyl sites for hydroxylation is 1. The summed E-state index contributed by atoms with van der Waals surface area (Å²) in [5, 5.41) is 13.4. The van der Waals surface area contributed by atoms with Crippen molar-refractivity contribution in [2.45, 2.75) is 38.2 Å². The summed E-state index contributed by atoms with van der Waals surface area (Å²) >= 11 is 0. The van der Waals surface area contributed by atoms with E-state index in [-0.39, 0.29) is 23.3 Å². The number of alkyl halides is 2. The highest BCUT2D eigenvalue weighted by Gasteiger charge is 2.27. The molecule has 5 aromatic rings. The second-order valence-electron chi connectivity index (χ2n) is 11.5. The first-order valence-corrected chi connectivity index (χ1v) is 16.2. The summed E-state index contributed by atoms with van der Waals surface area (Å²) in [5.41, 5.74) is 9.97. The van der Waals surface area contributed by atoms with Crippen molar-refractivity contribution in [2.24, 2.45) is 13.0 Å². The molecule has 11 nitrogen and oxygen atoms in total. The minimum Gasteiger partial charge on any atom is -0.484 e. The highest BCUT2D eigenvalue weighted by molar-refractivity contribution is 7.93. The molecular weight excluding hydrogens is 621 g/mol. The third kappa shape index (κ3) is 6.11. The first-order valence-electron chi connectivity index (χ1n) is 14.6. The quantitative estimate of drug-likeness (QED) is 0.189. The van der Waals surface area contributed by atoms with Crippen LogP contribution in [-0.2, 0) is 17.1 Å². The van der Waals surface area contributed by atoms with Crippen LogP contribution in [0.2, 0.25) is 0 Å². The van der Waals surface area contributed by atoms with Gasteiger partial charge in [0.15, 0.2) is 0 Å². The average molecular weight is 655 g/mol. The maximum Gasteiger partial charge on any atom is 0.355 e. The summed E-state index contributed by atoms with van der Waals surface area (Å²) in [4.78, 5) is 4.46. The Balaban J connectivity index is 1.42. The van der Waals surface area contributed by atoms with E-state index in [4.69, 9.17) is 15.6 Å². The van der Waals surface area contributed by atoms with E-state index in [2.05, 4.69) is 22.3 Å². The molecule has 0 amide bonds. The fourth-order valence-corrected chi connectivity index (χ4v) is 6.36. The Morgan fingerprint density at radius 3 is 2.59 bits per heavy atom. The molecule has 0 radical (unpaired) electrons. The number of anilines is 2. The number of halogens is 3. The van der Waals surface area contributed by atoms with Crippen molar-refractivity contribution in [1.29, 1.82) is 0 Å². The number of nitrogens with one attached hydrogen (secondary N) is 2. The van der Waals surface area contributed by atoms with Crippen molar-refractivity contribution < 1.29 is 26.3 Å². The molecular formula is C31H33F3N8O3S. The molecule has 242 valence electrons. The number of hydrogen-bond donors (Lipinski definition) is 3. The predicted molar refractivity (Wildman–Crippen MR) is 169 cm³/mol. The molecule has 1 fully saturated rings. The zero-order chi connectivity index (χ0) is 32.7. The molecule has 4 heterocycles. The third-order valence-corrected chi connectivity index (χ3v) is 9.08. The second-order valence-corrected chi connectivity index (χ2v) is 13.2. The number of ether oxygens (including phenoxy) is 1. The van der Waals surface area contributed by atoms with Gasteiger partial charge in [0.05, 0.1) is 28.8 Å². The number of aromatic nitrogens is 5. The van der Waals surface area contributed by atoms with E-state index in [0.717, 1.165) is 30.6 Å². The lowest BCUT2D eigenvalue weighted by Gasteiger charge is -2.27. The maximum atomic E-state index is 13.5. The van der Waals surface area contributed by atoms with E-state index in [1.807, 2.05) is 15.6 Å². The van der Waals surface area contributed by atoms with Crippen LogP contribution in [-0.4, -0.2) is 51.8 Å². The lowest BCUT2D eigenvalue weighted by Crippen LogP contribution is -2.36. The van der Waals surface area contributed by atoms with Gasteiger partial charge in [-0.2, -0.15) is 19.0 Å². The van der Waals surface area contributed by atoms with Crippen LogP contribution in [0.15, 0.2) is 61.1 Å². The highest BCUT2D eigenvalue weighted by atomic mass is 32.2. The van der Waals surface area contributed by atoms with Crippen molar-refractivity contribution in [3.05, 3.63) is 72.4 Å². The summed E-state index contributed by atoms with van der Waals surface area (Å²) < 4.78 is 75.9. The van der Waals surface area contributed by atoms with E-state index >= 15 is 0 Å². The molecule has 1 aliphatic rings. The van der Waals surface area contributed by atoms with Gasteiger partial charge in [-0.15, -0.1) is 0 Å². The van der Waals surface area contributed by atoms with Crippen LogP contribution >= 0.6 is 0 Å². The topological polar surface area (TPSA) is 142 Å². The van der Waals surface area contributed by atoms with Crippen LogP contribution in [0, 0.1) is 11.7 Å². The number of nitrogens with two attached hydrogens (primary N) is 1. The molecule has 3 atom stereocenters. The van der Waals surface area contributed by atoms with Gasteiger partial charge in [0.1, 0.15) is 29.2 Å². The number of hydrogen-bond acceptors (Lipinski definition) is 8. The van der Waals surface area contributed by atoms with E-state index in [0.29, 0.717) is 33.6 Å². The van der Waals surface area contributed by atoms with E-state index in [1.165, 1.54) is 42.5 Å². The fourth-order valence-electron chi connectivity index (χ4n) is 5.80. The number of benzene rings is 2. The standard InChI is InChI=1S/C31H33F3N8O3S/c1-17-10-23(14-36-12-17)42-16-21(13-38-42)24-15-37-30(35)27-28(39-41(3)29(24)27)20-6-9-25(40-46(43,44)31(33)34)26(11-20)45-18(2)19-4-7-22(32)8-5-19/h4-9,11,13,15-18,23,31,36,40H,10,12,14H2,1-3H3,(H2,35,37)/t17?,18-,23?/m0/s1. The summed E-state index contributed by atoms with van der Waals surface area (Å²) in [6.07, 6.45) is 5.74. The van der Waals surface area contributed by atoms with Gasteiger partial charge in [0.2, 0.25) is 0 Å². The smallest absolute Gasteiger partial charge is 0.355 e. The molecule has 1 saturated heterocycles. The number of rotatable bonds is 9. The maximum absolute atomic E-state index is 13.5. The van der Waals surface area contributed by atoms with Crippen molar-refractivity contribution in [3.8, 4) is 28.1 Å². The summed E-state index contributed by atoms with van der Waals surface area (Å²) in [5.74, 6) is -3.41. The molecule has 15 heteroatoms. The van der Waals surface area contributed by atoms with Crippen LogP contribution < -0.4 is 20.5 Å². The van der Waals surface area contributed by atoms with E-state index in [9.17, 15) is 21.6 Å². The van der Waals surface area contributed by atoms with Gasteiger partial charge in [0.25, 0.3) is 10.0 Å². The second kappa shape index (κ2) is 12.3. The Bertz CT molecular complexity index is 2000. The van der Waals surface area contributed by atoms with Crippen molar-refractivity contribution in [1.82, 2.24) is 29.9 Å². The molecule has 0 spiro atoms. The molecule has 6 rings (SSSR count). The van der Waals surface area contributed by atoms with Crippen LogP contribution in [0.25, 0.3) is 33.3 Å². The first-order chi connectivity index (χ1) is 21.9. The van der Waals surface area contributed by atoms with E-state index in [1.54, 1.807) is 31.0 Å². The molecule has 4 N–H and O–H groups in total. The van der Waals surface area contributed by atoms with Crippen molar-refractivity contribution in [3.63, 3.8) is 0 Å². The Labute approximate surface area is 263 Å². The lowest BCUT2D eigenvalue weighted by molar-refractivity contribution is 0.228. The van der Waals surface area contributed by atoms with Gasteiger partial charge < -0.3 is 15.8 Å². The molecule has 0 aliphatic carbocycles. The van der Waals surface area contributed by atoms with Gasteiger partial charge in [-0.3, -0.25) is 14.1 Å². The number of pyridine rings is 1. The Hall–Kier alpha value is -4.63. The fraction of sp³-hybridized carbons (Fsp3) is 0.323. The number of fused-ring (bicyclic) bond motifs is 1. The monoisotopic (exact) mass is 654 g/mol. The lowest BCUT2D eigenvalue weighted by atomic mass is 9.98. The Morgan fingerprint density at radius 1 is 1.11 bits per heavy atom. The minimum atomic E-state index is -5.01. The van der Waals surface area contributed by atoms with Crippen LogP contribution in [0.5, 0.6) is 5.75 Å². The number of piperidine rings is 1. The van der Waals surface area contributed by atoms with Crippen LogP contribution in [0.3, 0.4) is 0 Å². The molecule has 0 saturated carbocycles. The molecule has 2 aromatic carbocycles.